The van der Waals surface area contributed by atoms with Crippen LogP contribution in [-0.2, 0) is 0 Å². The highest BCUT2D eigenvalue weighted by Crippen LogP contribution is 2.31. The molecule has 0 aromatic heterocycles. The van der Waals surface area contributed by atoms with Crippen LogP contribution in [0.15, 0.2) is 36.4 Å². The van der Waals surface area contributed by atoms with Crippen molar-refractivity contribution in [3.8, 4) is 23.0 Å². The van der Waals surface area contributed by atoms with Gasteiger partial charge in [-0.2, -0.15) is 0 Å². The van der Waals surface area contributed by atoms with Crippen LogP contribution in [0.1, 0.15) is 33.6 Å². The molecule has 0 spiro atoms. The molecule has 0 saturated carbocycles. The summed E-state index contributed by atoms with van der Waals surface area (Å²) in [5.41, 5.74) is 0.912. The number of rotatable bonds is 7. The first kappa shape index (κ1) is 22.3. The number of nitrogens with zero attached hydrogens (tertiary/aromatic N) is 1. The molecule has 1 N–H and O–H groups in total. The van der Waals surface area contributed by atoms with Crippen molar-refractivity contribution in [2.75, 3.05) is 41.5 Å². The van der Waals surface area contributed by atoms with Crippen molar-refractivity contribution in [1.82, 2.24) is 10.2 Å². The molecule has 8 nitrogen and oxygen atoms in total. The number of hydrogen-bond acceptors (Lipinski definition) is 6. The first-order chi connectivity index (χ1) is 15.0. The fraction of sp³-hybridized carbons (Fsp3) is 0.391. The second kappa shape index (κ2) is 10.1. The van der Waals surface area contributed by atoms with Gasteiger partial charge in [0.05, 0.1) is 28.4 Å². The molecule has 0 atom stereocenters. The van der Waals surface area contributed by atoms with Crippen molar-refractivity contribution >= 4 is 11.8 Å². The molecule has 1 heterocycles. The summed E-state index contributed by atoms with van der Waals surface area (Å²) < 4.78 is 21.2. The van der Waals surface area contributed by atoms with Gasteiger partial charge >= 0.3 is 0 Å². The minimum atomic E-state index is -0.183. The predicted molar refractivity (Wildman–Crippen MR) is 115 cm³/mol. The van der Waals surface area contributed by atoms with Crippen LogP contribution in [-0.4, -0.2) is 64.3 Å². The van der Waals surface area contributed by atoms with E-state index >= 15 is 0 Å². The van der Waals surface area contributed by atoms with Gasteiger partial charge in [0.25, 0.3) is 11.8 Å². The molecule has 0 aliphatic carbocycles. The third-order valence-electron chi connectivity index (χ3n) is 5.40. The summed E-state index contributed by atoms with van der Waals surface area (Å²) in [4.78, 5) is 27.5. The number of methoxy groups -OCH3 is 4. The van der Waals surface area contributed by atoms with Crippen LogP contribution in [0.2, 0.25) is 0 Å². The average Bonchev–Trinajstić information content (AvgIpc) is 2.82. The Morgan fingerprint density at radius 3 is 1.97 bits per heavy atom. The maximum Gasteiger partial charge on any atom is 0.261 e. The zero-order valence-corrected chi connectivity index (χ0v) is 18.3. The molecule has 31 heavy (non-hydrogen) atoms. The standard InChI is InChI=1S/C23H28N2O6/c1-28-17-9-8-15(14-20(17)31-4)22(26)24-16-10-12-25(13-11-16)23(27)21-18(29-2)6-5-7-19(21)30-3/h5-9,14,16H,10-13H2,1-4H3,(H,24,26). The van der Waals surface area contributed by atoms with E-state index in [0.29, 0.717) is 60.1 Å². The summed E-state index contributed by atoms with van der Waals surface area (Å²) in [5, 5.41) is 3.05. The third kappa shape index (κ3) is 4.84. The van der Waals surface area contributed by atoms with Crippen LogP contribution in [0, 0.1) is 0 Å². The largest absolute Gasteiger partial charge is 0.496 e. The van der Waals surface area contributed by atoms with Gasteiger partial charge in [-0.25, -0.2) is 0 Å². The molecule has 0 bridgehead atoms. The van der Waals surface area contributed by atoms with E-state index in [1.165, 1.54) is 21.3 Å². The number of ether oxygens (including phenoxy) is 4. The number of carbonyl (C=O) groups is 2. The van der Waals surface area contributed by atoms with Crippen molar-refractivity contribution in [2.45, 2.75) is 18.9 Å². The van der Waals surface area contributed by atoms with Gasteiger partial charge in [0.2, 0.25) is 0 Å². The summed E-state index contributed by atoms with van der Waals surface area (Å²) in [5.74, 6) is 1.71. The maximum atomic E-state index is 13.1. The fourth-order valence-corrected chi connectivity index (χ4v) is 3.69. The highest BCUT2D eigenvalue weighted by molar-refractivity contribution is 6.00. The zero-order chi connectivity index (χ0) is 22.4. The van der Waals surface area contributed by atoms with E-state index < -0.39 is 0 Å². The van der Waals surface area contributed by atoms with Crippen LogP contribution in [0.5, 0.6) is 23.0 Å². The van der Waals surface area contributed by atoms with E-state index in [2.05, 4.69) is 5.32 Å². The summed E-state index contributed by atoms with van der Waals surface area (Å²) in [6.07, 6.45) is 1.31. The Balaban J connectivity index is 1.63. The van der Waals surface area contributed by atoms with Crippen LogP contribution in [0.25, 0.3) is 0 Å². The number of likely N-dealkylation sites (tertiary alicyclic amines) is 1. The predicted octanol–water partition coefficient (Wildman–Crippen LogP) is 2.76. The summed E-state index contributed by atoms with van der Waals surface area (Å²) in [7, 11) is 6.14. The second-order valence-electron chi connectivity index (χ2n) is 7.15. The molecule has 2 aromatic rings. The van der Waals surface area contributed by atoms with E-state index in [1.54, 1.807) is 48.4 Å². The molecule has 0 unspecified atom stereocenters. The van der Waals surface area contributed by atoms with Crippen molar-refractivity contribution in [2.24, 2.45) is 0 Å². The normalized spacial score (nSPS) is 14.0. The smallest absolute Gasteiger partial charge is 0.261 e. The molecule has 2 aromatic carbocycles. The van der Waals surface area contributed by atoms with Crippen molar-refractivity contribution in [3.05, 3.63) is 47.5 Å². The van der Waals surface area contributed by atoms with Crippen LogP contribution < -0.4 is 24.3 Å². The van der Waals surface area contributed by atoms with Gasteiger partial charge in [0.1, 0.15) is 17.1 Å². The summed E-state index contributed by atoms with van der Waals surface area (Å²) in [6, 6.07) is 10.3. The number of nitrogens with one attached hydrogen (secondary N) is 1. The molecular formula is C23H28N2O6. The van der Waals surface area contributed by atoms with Gasteiger partial charge in [-0.1, -0.05) is 6.07 Å². The Morgan fingerprint density at radius 1 is 0.839 bits per heavy atom. The molecule has 0 radical (unpaired) electrons. The third-order valence-corrected chi connectivity index (χ3v) is 5.40. The average molecular weight is 428 g/mol. The van der Waals surface area contributed by atoms with Crippen molar-refractivity contribution in [3.63, 3.8) is 0 Å². The van der Waals surface area contributed by atoms with Crippen molar-refractivity contribution < 1.29 is 28.5 Å². The van der Waals surface area contributed by atoms with Crippen LogP contribution in [0.4, 0.5) is 0 Å². The monoisotopic (exact) mass is 428 g/mol. The van der Waals surface area contributed by atoms with E-state index in [0.717, 1.165) is 0 Å². The minimum Gasteiger partial charge on any atom is -0.496 e. The highest BCUT2D eigenvalue weighted by Gasteiger charge is 2.28. The summed E-state index contributed by atoms with van der Waals surface area (Å²) in [6.45, 7) is 1.05. The molecular weight excluding hydrogens is 400 g/mol. The lowest BCUT2D eigenvalue weighted by Crippen LogP contribution is -2.46. The molecule has 1 aliphatic heterocycles. The van der Waals surface area contributed by atoms with Gasteiger partial charge < -0.3 is 29.2 Å². The molecule has 1 fully saturated rings. The molecule has 8 heteroatoms. The Labute approximate surface area is 182 Å². The van der Waals surface area contributed by atoms with E-state index in [-0.39, 0.29) is 17.9 Å². The Kier molecular flexibility index (Phi) is 7.23. The summed E-state index contributed by atoms with van der Waals surface area (Å²) >= 11 is 0. The Hall–Kier alpha value is -3.42. The molecule has 1 aliphatic rings. The van der Waals surface area contributed by atoms with Crippen LogP contribution in [0.3, 0.4) is 0 Å². The Bertz CT molecular complexity index is 915. The number of amides is 2. The lowest BCUT2D eigenvalue weighted by atomic mass is 10.0. The number of hydrogen-bond donors (Lipinski definition) is 1. The van der Waals surface area contributed by atoms with E-state index in [1.807, 2.05) is 0 Å². The van der Waals surface area contributed by atoms with Gasteiger partial charge in [-0.05, 0) is 43.2 Å². The first-order valence-electron chi connectivity index (χ1n) is 10.1. The number of benzene rings is 2. The Morgan fingerprint density at radius 2 is 1.42 bits per heavy atom. The number of piperidine rings is 1. The topological polar surface area (TPSA) is 86.3 Å². The quantitative estimate of drug-likeness (QED) is 0.730. The number of carbonyl (C=O) groups excluding carboxylic acids is 2. The maximum absolute atomic E-state index is 13.1. The molecule has 166 valence electrons. The van der Waals surface area contributed by atoms with Gasteiger partial charge in [0, 0.05) is 24.7 Å². The minimum absolute atomic E-state index is 0.0239. The lowest BCUT2D eigenvalue weighted by molar-refractivity contribution is 0.0691. The first-order valence-corrected chi connectivity index (χ1v) is 10.1. The van der Waals surface area contributed by atoms with Gasteiger partial charge in [-0.3, -0.25) is 9.59 Å². The zero-order valence-electron chi connectivity index (χ0n) is 18.3. The molecule has 2 amide bonds. The van der Waals surface area contributed by atoms with Crippen LogP contribution >= 0.6 is 0 Å². The van der Waals surface area contributed by atoms with E-state index in [9.17, 15) is 9.59 Å². The van der Waals surface area contributed by atoms with E-state index in [4.69, 9.17) is 18.9 Å². The molecule has 3 rings (SSSR count). The van der Waals surface area contributed by atoms with Gasteiger partial charge in [-0.15, -0.1) is 0 Å². The highest BCUT2D eigenvalue weighted by atomic mass is 16.5. The lowest BCUT2D eigenvalue weighted by Gasteiger charge is -2.33. The molecule has 1 saturated heterocycles. The van der Waals surface area contributed by atoms with Crippen molar-refractivity contribution in [1.29, 1.82) is 0 Å². The second-order valence-corrected chi connectivity index (χ2v) is 7.15. The fourth-order valence-electron chi connectivity index (χ4n) is 3.69. The van der Waals surface area contributed by atoms with Gasteiger partial charge in [0.15, 0.2) is 11.5 Å². The SMILES string of the molecule is COc1ccc(C(=O)NC2CCN(C(=O)c3c(OC)cccc3OC)CC2)cc1OC.